The van der Waals surface area contributed by atoms with Crippen LogP contribution >= 0.6 is 0 Å². The molecule has 4 rings (SSSR count). The van der Waals surface area contributed by atoms with Gasteiger partial charge in [0.05, 0.1) is 18.1 Å². The standard InChI is InChI=1S/C30H35FN4O3/c1-21(16-31)32-17-26(15-28-29(36)30(37)34-20-33-28)25-11-9-23(10-12-25)4-3-22-5-7-24(8-6-22)18-35-14-13-27(19-35)38-2/h5-12,20-21,26-27,32,36H,13-19H2,1-2H3,(H,33,34,37)/t21-,26?,27-/m0/s1. The molecule has 0 amide bonds. The maximum absolute atomic E-state index is 13.0. The molecule has 0 bridgehead atoms. The molecule has 0 saturated carbocycles. The lowest BCUT2D eigenvalue weighted by atomic mass is 9.92. The molecule has 0 spiro atoms. The van der Waals surface area contributed by atoms with Gasteiger partial charge in [0.25, 0.3) is 5.56 Å². The van der Waals surface area contributed by atoms with Crippen molar-refractivity contribution in [2.24, 2.45) is 0 Å². The van der Waals surface area contributed by atoms with Crippen molar-refractivity contribution in [3.63, 3.8) is 0 Å². The Bertz CT molecular complexity index is 1300. The zero-order valence-corrected chi connectivity index (χ0v) is 21.9. The van der Waals surface area contributed by atoms with Crippen molar-refractivity contribution in [3.8, 4) is 17.6 Å². The monoisotopic (exact) mass is 518 g/mol. The molecule has 1 saturated heterocycles. The molecule has 1 aliphatic rings. The largest absolute Gasteiger partial charge is 0.502 e. The highest BCUT2D eigenvalue weighted by Crippen LogP contribution is 2.23. The summed E-state index contributed by atoms with van der Waals surface area (Å²) in [6.07, 6.45) is 3.03. The first-order valence-corrected chi connectivity index (χ1v) is 13.0. The van der Waals surface area contributed by atoms with E-state index in [-0.39, 0.29) is 17.7 Å². The number of rotatable bonds is 10. The Hall–Kier alpha value is -3.51. The Kier molecular flexibility index (Phi) is 9.66. The van der Waals surface area contributed by atoms with Crippen LogP contribution in [0.4, 0.5) is 4.39 Å². The number of aromatic hydroxyl groups is 1. The molecule has 2 heterocycles. The van der Waals surface area contributed by atoms with E-state index in [1.807, 2.05) is 24.3 Å². The van der Waals surface area contributed by atoms with Gasteiger partial charge in [0.1, 0.15) is 6.67 Å². The maximum Gasteiger partial charge on any atom is 0.293 e. The summed E-state index contributed by atoms with van der Waals surface area (Å²) >= 11 is 0. The van der Waals surface area contributed by atoms with Crippen LogP contribution < -0.4 is 10.9 Å². The van der Waals surface area contributed by atoms with Gasteiger partial charge in [-0.1, -0.05) is 36.1 Å². The molecule has 1 aliphatic heterocycles. The van der Waals surface area contributed by atoms with Gasteiger partial charge in [-0.25, -0.2) is 9.37 Å². The number of hydrogen-bond donors (Lipinski definition) is 3. The van der Waals surface area contributed by atoms with Gasteiger partial charge in [-0.3, -0.25) is 9.69 Å². The Morgan fingerprint density at radius 3 is 2.50 bits per heavy atom. The second kappa shape index (κ2) is 13.3. The number of methoxy groups -OCH3 is 1. The summed E-state index contributed by atoms with van der Waals surface area (Å²) in [7, 11) is 1.78. The van der Waals surface area contributed by atoms with E-state index in [2.05, 4.69) is 56.3 Å². The topological polar surface area (TPSA) is 90.5 Å². The molecule has 38 heavy (non-hydrogen) atoms. The lowest BCUT2D eigenvalue weighted by Crippen LogP contribution is -2.32. The Balaban J connectivity index is 1.42. The van der Waals surface area contributed by atoms with Crippen molar-refractivity contribution in [3.05, 3.63) is 93.2 Å². The minimum atomic E-state index is -0.576. The van der Waals surface area contributed by atoms with Gasteiger partial charge in [0, 0.05) is 62.8 Å². The predicted octanol–water partition coefficient (Wildman–Crippen LogP) is 3.37. The highest BCUT2D eigenvalue weighted by atomic mass is 19.1. The van der Waals surface area contributed by atoms with E-state index in [1.54, 1.807) is 14.0 Å². The number of H-pyrrole nitrogens is 1. The third kappa shape index (κ3) is 7.51. The Labute approximate surface area is 223 Å². The van der Waals surface area contributed by atoms with Gasteiger partial charge in [0.15, 0.2) is 0 Å². The van der Waals surface area contributed by atoms with Crippen LogP contribution in [0, 0.1) is 11.8 Å². The van der Waals surface area contributed by atoms with Crippen LogP contribution in [0.15, 0.2) is 59.7 Å². The third-order valence-electron chi connectivity index (χ3n) is 6.94. The molecule has 0 radical (unpaired) electrons. The first-order valence-electron chi connectivity index (χ1n) is 13.0. The van der Waals surface area contributed by atoms with Gasteiger partial charge >= 0.3 is 0 Å². The molecular formula is C30H35FN4O3. The molecule has 1 aromatic heterocycles. The lowest BCUT2D eigenvalue weighted by molar-refractivity contribution is 0.107. The molecule has 1 unspecified atom stereocenters. The highest BCUT2D eigenvalue weighted by Gasteiger charge is 2.21. The van der Waals surface area contributed by atoms with Crippen LogP contribution in [0.5, 0.6) is 5.75 Å². The molecule has 8 heteroatoms. The summed E-state index contributed by atoms with van der Waals surface area (Å²) in [4.78, 5) is 20.7. The summed E-state index contributed by atoms with van der Waals surface area (Å²) < 4.78 is 18.5. The van der Waals surface area contributed by atoms with E-state index in [4.69, 9.17) is 4.74 Å². The normalized spacial score (nSPS) is 17.1. The minimum absolute atomic E-state index is 0.117. The van der Waals surface area contributed by atoms with Gasteiger partial charge in [-0.2, -0.15) is 0 Å². The van der Waals surface area contributed by atoms with E-state index in [0.717, 1.165) is 42.7 Å². The van der Waals surface area contributed by atoms with Crippen LogP contribution in [0.1, 0.15) is 47.2 Å². The fourth-order valence-electron chi connectivity index (χ4n) is 4.59. The number of nitrogens with zero attached hydrogens (tertiary/aromatic N) is 2. The number of benzene rings is 2. The molecular weight excluding hydrogens is 483 g/mol. The molecule has 3 aromatic rings. The highest BCUT2D eigenvalue weighted by molar-refractivity contribution is 5.44. The van der Waals surface area contributed by atoms with Crippen molar-refractivity contribution >= 4 is 0 Å². The molecule has 3 atom stereocenters. The van der Waals surface area contributed by atoms with Gasteiger partial charge in [-0.15, -0.1) is 0 Å². The molecule has 0 aliphatic carbocycles. The predicted molar refractivity (Wildman–Crippen MR) is 146 cm³/mol. The summed E-state index contributed by atoms with van der Waals surface area (Å²) in [5.41, 5.74) is 3.81. The fraction of sp³-hybridized carbons (Fsp3) is 0.400. The lowest BCUT2D eigenvalue weighted by Gasteiger charge is -2.20. The molecule has 3 N–H and O–H groups in total. The summed E-state index contributed by atoms with van der Waals surface area (Å²) in [5, 5.41) is 13.3. The average Bonchev–Trinajstić information content (AvgIpc) is 3.40. The third-order valence-corrected chi connectivity index (χ3v) is 6.94. The molecule has 2 aromatic carbocycles. The first kappa shape index (κ1) is 27.5. The number of nitrogens with one attached hydrogen (secondary N) is 2. The van der Waals surface area contributed by atoms with E-state index >= 15 is 0 Å². The van der Waals surface area contributed by atoms with Crippen LogP contribution in [0.25, 0.3) is 0 Å². The summed E-state index contributed by atoms with van der Waals surface area (Å²) in [5.74, 6) is 5.95. The molecule has 7 nitrogen and oxygen atoms in total. The van der Waals surface area contributed by atoms with E-state index in [1.165, 1.54) is 11.9 Å². The number of halogens is 1. The van der Waals surface area contributed by atoms with Crippen molar-refractivity contribution in [2.45, 2.75) is 44.4 Å². The SMILES string of the molecule is CO[C@H]1CCN(Cc2ccc(C#Cc3ccc(C(CN[C@@H](C)CF)Cc4nc[nH]c(=O)c4O)cc3)cc2)C1. The van der Waals surface area contributed by atoms with Gasteiger partial charge in [-0.05, 0) is 48.7 Å². The smallest absolute Gasteiger partial charge is 0.293 e. The number of ether oxygens (including phenoxy) is 1. The maximum atomic E-state index is 13.0. The summed E-state index contributed by atoms with van der Waals surface area (Å²) in [6.45, 7) is 4.71. The quantitative estimate of drug-likeness (QED) is 0.357. The Morgan fingerprint density at radius 1 is 1.18 bits per heavy atom. The fourth-order valence-corrected chi connectivity index (χ4v) is 4.59. The molecule has 1 fully saturated rings. The van der Waals surface area contributed by atoms with Crippen molar-refractivity contribution < 1.29 is 14.2 Å². The minimum Gasteiger partial charge on any atom is -0.502 e. The Morgan fingerprint density at radius 2 is 1.87 bits per heavy atom. The first-order chi connectivity index (χ1) is 18.4. The van der Waals surface area contributed by atoms with E-state index in [9.17, 15) is 14.3 Å². The number of hydrogen-bond acceptors (Lipinski definition) is 6. The van der Waals surface area contributed by atoms with Crippen molar-refractivity contribution in [2.75, 3.05) is 33.4 Å². The van der Waals surface area contributed by atoms with Crippen molar-refractivity contribution in [1.29, 1.82) is 0 Å². The van der Waals surface area contributed by atoms with E-state index < -0.39 is 12.2 Å². The van der Waals surface area contributed by atoms with Gasteiger partial charge < -0.3 is 20.1 Å². The number of aromatic nitrogens is 2. The van der Waals surface area contributed by atoms with Crippen molar-refractivity contribution in [1.82, 2.24) is 20.2 Å². The number of likely N-dealkylation sites (tertiary alicyclic amines) is 1. The average molecular weight is 519 g/mol. The summed E-state index contributed by atoms with van der Waals surface area (Å²) in [6, 6.07) is 15.9. The second-order valence-electron chi connectivity index (χ2n) is 9.84. The van der Waals surface area contributed by atoms with Crippen LogP contribution in [0.3, 0.4) is 0 Å². The zero-order chi connectivity index (χ0) is 26.9. The van der Waals surface area contributed by atoms with E-state index in [0.29, 0.717) is 24.8 Å². The van der Waals surface area contributed by atoms with Crippen LogP contribution in [-0.4, -0.2) is 65.5 Å². The number of alkyl halides is 1. The van der Waals surface area contributed by atoms with Crippen LogP contribution in [-0.2, 0) is 17.7 Å². The zero-order valence-electron chi connectivity index (χ0n) is 21.9. The second-order valence-corrected chi connectivity index (χ2v) is 9.84. The van der Waals surface area contributed by atoms with Gasteiger partial charge in [0.2, 0.25) is 5.75 Å². The number of aromatic amines is 1. The molecule has 200 valence electrons. The van der Waals surface area contributed by atoms with Crippen LogP contribution in [0.2, 0.25) is 0 Å².